The van der Waals surface area contributed by atoms with E-state index in [1.54, 1.807) is 6.92 Å². The molecule has 1 aliphatic heterocycles. The van der Waals surface area contributed by atoms with E-state index >= 15 is 0 Å². The second kappa shape index (κ2) is 5.07. The Kier molecular flexibility index (Phi) is 3.27. The molecular weight excluding hydrogens is 260 g/mol. The Morgan fingerprint density at radius 2 is 2.21 bits per heavy atom. The molecule has 0 saturated carbocycles. The van der Waals surface area contributed by atoms with Crippen molar-refractivity contribution in [2.45, 2.75) is 25.9 Å². The highest BCUT2D eigenvalue weighted by Gasteiger charge is 2.24. The lowest BCUT2D eigenvalue weighted by atomic mass is 9.95. The van der Waals surface area contributed by atoms with E-state index in [0.29, 0.717) is 17.4 Å². The number of carbonyl (C=O) groups excluding carboxylic acids is 1. The Morgan fingerprint density at radius 3 is 2.95 bits per heavy atom. The van der Waals surface area contributed by atoms with Gasteiger partial charge < -0.3 is 5.32 Å². The quantitative estimate of drug-likeness (QED) is 0.871. The van der Waals surface area contributed by atoms with Gasteiger partial charge in [0.1, 0.15) is 5.82 Å². The number of hydrogen-bond donors (Lipinski definition) is 2. The molecule has 5 nitrogen and oxygen atoms in total. The van der Waals surface area contributed by atoms with E-state index in [0.717, 1.165) is 6.54 Å². The van der Waals surface area contributed by atoms with Crippen LogP contribution in [0.5, 0.6) is 0 Å². The normalized spacial score (nSPS) is 17.8. The van der Waals surface area contributed by atoms with E-state index in [4.69, 9.17) is 0 Å². The van der Waals surface area contributed by atoms with Gasteiger partial charge in [-0.15, -0.1) is 0 Å². The number of benzene rings is 1. The Labute approximate surface area is 115 Å². The van der Waals surface area contributed by atoms with E-state index in [2.05, 4.69) is 32.1 Å². The van der Waals surface area contributed by atoms with Crippen LogP contribution in [-0.2, 0) is 17.8 Å². The van der Waals surface area contributed by atoms with Gasteiger partial charge >= 0.3 is 0 Å². The predicted octanol–water partition coefficient (Wildman–Crippen LogP) is 1.50. The summed E-state index contributed by atoms with van der Waals surface area (Å²) in [5.74, 6) is 0.632. The molecule has 2 heterocycles. The Bertz CT molecular complexity index is 610. The molecule has 1 aromatic heterocycles. The number of carbonyl (C=O) groups is 1. The molecular formula is C13H14N4OS. The molecule has 2 N–H and O–H groups in total. The third-order valence-electron chi connectivity index (χ3n) is 3.16. The molecule has 1 aromatic carbocycles. The largest absolute Gasteiger partial charge is 0.301 e. The van der Waals surface area contributed by atoms with Crippen molar-refractivity contribution >= 4 is 22.6 Å². The number of aryl methyl sites for hydroxylation is 1. The molecule has 0 aliphatic carbocycles. The molecule has 0 spiro atoms. The van der Waals surface area contributed by atoms with E-state index in [1.165, 1.54) is 22.7 Å². The van der Waals surface area contributed by atoms with Crippen LogP contribution in [-0.4, -0.2) is 21.3 Å². The molecule has 1 amide bonds. The highest BCUT2D eigenvalue weighted by Crippen LogP contribution is 2.18. The first-order valence-electron chi connectivity index (χ1n) is 6.14. The molecule has 19 heavy (non-hydrogen) atoms. The maximum absolute atomic E-state index is 12.2. The van der Waals surface area contributed by atoms with Crippen LogP contribution in [0, 0.1) is 6.92 Å². The molecule has 1 aliphatic rings. The van der Waals surface area contributed by atoms with Crippen LogP contribution in [0.4, 0.5) is 5.13 Å². The zero-order valence-electron chi connectivity index (χ0n) is 10.5. The molecule has 6 heteroatoms. The minimum Gasteiger partial charge on any atom is -0.301 e. The number of anilines is 1. The zero-order valence-corrected chi connectivity index (χ0v) is 11.3. The number of amides is 1. The third-order valence-corrected chi connectivity index (χ3v) is 3.88. The SMILES string of the molecule is Cc1nsc(NC(=O)C2Cc3ccccc3CN2)n1. The molecule has 1 atom stereocenters. The van der Waals surface area contributed by atoms with Gasteiger partial charge in [0.15, 0.2) is 0 Å². The summed E-state index contributed by atoms with van der Waals surface area (Å²) in [6.45, 7) is 2.53. The van der Waals surface area contributed by atoms with Crippen LogP contribution in [0.25, 0.3) is 0 Å². The van der Waals surface area contributed by atoms with E-state index in [-0.39, 0.29) is 11.9 Å². The van der Waals surface area contributed by atoms with Crippen molar-refractivity contribution in [2.24, 2.45) is 0 Å². The lowest BCUT2D eigenvalue weighted by Gasteiger charge is -2.24. The van der Waals surface area contributed by atoms with Crippen LogP contribution in [0.15, 0.2) is 24.3 Å². The van der Waals surface area contributed by atoms with Crippen LogP contribution >= 0.6 is 11.5 Å². The fourth-order valence-corrected chi connectivity index (χ4v) is 2.76. The lowest BCUT2D eigenvalue weighted by Crippen LogP contribution is -2.44. The van der Waals surface area contributed by atoms with Crippen LogP contribution in [0.1, 0.15) is 17.0 Å². The number of rotatable bonds is 2. The van der Waals surface area contributed by atoms with Gasteiger partial charge in [-0.05, 0) is 24.5 Å². The Hall–Kier alpha value is -1.79. The average molecular weight is 274 g/mol. The average Bonchev–Trinajstić information content (AvgIpc) is 2.83. The van der Waals surface area contributed by atoms with Gasteiger partial charge in [0.25, 0.3) is 0 Å². The van der Waals surface area contributed by atoms with Gasteiger partial charge in [-0.3, -0.25) is 10.1 Å². The summed E-state index contributed by atoms with van der Waals surface area (Å²) in [5.41, 5.74) is 2.49. The van der Waals surface area contributed by atoms with Crippen molar-refractivity contribution in [3.8, 4) is 0 Å². The third kappa shape index (κ3) is 2.64. The first-order chi connectivity index (χ1) is 9.22. The van der Waals surface area contributed by atoms with Gasteiger partial charge in [0.2, 0.25) is 11.0 Å². The maximum atomic E-state index is 12.2. The smallest absolute Gasteiger partial charge is 0.243 e. The predicted molar refractivity (Wildman–Crippen MR) is 74.0 cm³/mol. The van der Waals surface area contributed by atoms with Crippen molar-refractivity contribution in [3.05, 3.63) is 41.2 Å². The summed E-state index contributed by atoms with van der Waals surface area (Å²) in [6.07, 6.45) is 0.708. The molecule has 0 radical (unpaired) electrons. The minimum absolute atomic E-state index is 0.0503. The number of nitrogens with zero attached hydrogens (tertiary/aromatic N) is 2. The summed E-state index contributed by atoms with van der Waals surface area (Å²) in [4.78, 5) is 16.3. The van der Waals surface area contributed by atoms with Crippen molar-refractivity contribution in [2.75, 3.05) is 5.32 Å². The molecule has 0 fully saturated rings. The highest BCUT2D eigenvalue weighted by molar-refractivity contribution is 7.09. The van der Waals surface area contributed by atoms with Crippen molar-refractivity contribution in [3.63, 3.8) is 0 Å². The first kappa shape index (κ1) is 12.3. The second-order valence-electron chi connectivity index (χ2n) is 4.54. The van der Waals surface area contributed by atoms with E-state index in [9.17, 15) is 4.79 Å². The van der Waals surface area contributed by atoms with Gasteiger partial charge in [-0.1, -0.05) is 24.3 Å². The summed E-state index contributed by atoms with van der Waals surface area (Å²) >= 11 is 1.21. The second-order valence-corrected chi connectivity index (χ2v) is 5.29. The summed E-state index contributed by atoms with van der Waals surface area (Å²) in [6, 6.07) is 7.98. The van der Waals surface area contributed by atoms with Gasteiger partial charge in [0.05, 0.1) is 6.04 Å². The molecule has 0 bridgehead atoms. The fraction of sp³-hybridized carbons (Fsp3) is 0.308. The van der Waals surface area contributed by atoms with Crippen molar-refractivity contribution < 1.29 is 4.79 Å². The van der Waals surface area contributed by atoms with E-state index < -0.39 is 0 Å². The number of nitrogens with one attached hydrogen (secondary N) is 2. The van der Waals surface area contributed by atoms with Crippen LogP contribution in [0.3, 0.4) is 0 Å². The summed E-state index contributed by atoms with van der Waals surface area (Å²) in [5, 5.41) is 6.61. The molecule has 1 unspecified atom stereocenters. The Balaban J connectivity index is 1.69. The minimum atomic E-state index is -0.209. The molecule has 0 saturated heterocycles. The topological polar surface area (TPSA) is 66.9 Å². The molecule has 98 valence electrons. The van der Waals surface area contributed by atoms with Gasteiger partial charge in [-0.25, -0.2) is 4.98 Å². The first-order valence-corrected chi connectivity index (χ1v) is 6.91. The fourth-order valence-electron chi connectivity index (χ4n) is 2.18. The summed E-state index contributed by atoms with van der Waals surface area (Å²) < 4.78 is 4.05. The molecule has 3 rings (SSSR count). The number of fused-ring (bicyclic) bond motifs is 1. The number of aromatic nitrogens is 2. The zero-order chi connectivity index (χ0) is 13.2. The van der Waals surface area contributed by atoms with Gasteiger partial charge in [0, 0.05) is 18.1 Å². The Morgan fingerprint density at radius 1 is 1.42 bits per heavy atom. The van der Waals surface area contributed by atoms with Crippen molar-refractivity contribution in [1.29, 1.82) is 0 Å². The highest BCUT2D eigenvalue weighted by atomic mass is 32.1. The standard InChI is InChI=1S/C13H14N4OS/c1-8-15-13(19-17-8)16-12(18)11-6-9-4-2-3-5-10(9)7-14-11/h2-5,11,14H,6-7H2,1H3,(H,15,16,17,18). The number of hydrogen-bond acceptors (Lipinski definition) is 5. The van der Waals surface area contributed by atoms with Crippen LogP contribution < -0.4 is 10.6 Å². The van der Waals surface area contributed by atoms with Gasteiger partial charge in [-0.2, -0.15) is 4.37 Å². The van der Waals surface area contributed by atoms with Crippen LogP contribution in [0.2, 0.25) is 0 Å². The maximum Gasteiger partial charge on any atom is 0.243 e. The van der Waals surface area contributed by atoms with E-state index in [1.807, 2.05) is 12.1 Å². The van der Waals surface area contributed by atoms with Crippen molar-refractivity contribution in [1.82, 2.24) is 14.7 Å². The monoisotopic (exact) mass is 274 g/mol. The molecule has 2 aromatic rings. The summed E-state index contributed by atoms with van der Waals surface area (Å²) in [7, 11) is 0. The lowest BCUT2D eigenvalue weighted by molar-refractivity contribution is -0.118.